The maximum atomic E-state index is 13.6. The van der Waals surface area contributed by atoms with Crippen molar-refractivity contribution in [3.05, 3.63) is 89.1 Å². The molecule has 31 heavy (non-hydrogen) atoms. The van der Waals surface area contributed by atoms with Crippen molar-refractivity contribution >= 4 is 5.82 Å². The van der Waals surface area contributed by atoms with Crippen molar-refractivity contribution in [2.24, 2.45) is 0 Å². The molecule has 0 saturated carbocycles. The van der Waals surface area contributed by atoms with Gasteiger partial charge < -0.3 is 15.0 Å². The van der Waals surface area contributed by atoms with Crippen molar-refractivity contribution in [3.63, 3.8) is 0 Å². The number of nitrogens with zero attached hydrogens (tertiary/aromatic N) is 3. The minimum atomic E-state index is -1.22. The molecule has 3 heterocycles. The highest BCUT2D eigenvalue weighted by atomic mass is 19.2. The van der Waals surface area contributed by atoms with E-state index >= 15 is 0 Å². The fourth-order valence-corrected chi connectivity index (χ4v) is 2.98. The summed E-state index contributed by atoms with van der Waals surface area (Å²) in [7, 11) is 0. The molecule has 158 valence electrons. The number of nitrogens with two attached hydrogens (primary N) is 1. The van der Waals surface area contributed by atoms with Crippen molar-refractivity contribution in [1.82, 2.24) is 15.1 Å². The Morgan fingerprint density at radius 1 is 0.968 bits per heavy atom. The number of pyridine rings is 2. The molecule has 0 aliphatic heterocycles. The number of nitrogen functional groups attached to an aromatic ring is 1. The van der Waals surface area contributed by atoms with Crippen molar-refractivity contribution < 1.29 is 22.4 Å². The van der Waals surface area contributed by atoms with Crippen LogP contribution in [0.2, 0.25) is 0 Å². The van der Waals surface area contributed by atoms with E-state index in [1.807, 2.05) is 6.07 Å². The van der Waals surface area contributed by atoms with E-state index in [0.29, 0.717) is 41.2 Å². The van der Waals surface area contributed by atoms with Crippen molar-refractivity contribution in [2.75, 3.05) is 12.3 Å². The molecule has 0 fully saturated rings. The number of rotatable bonds is 7. The highest BCUT2D eigenvalue weighted by Crippen LogP contribution is 2.25. The van der Waals surface area contributed by atoms with E-state index < -0.39 is 17.5 Å². The first-order valence-corrected chi connectivity index (χ1v) is 9.37. The van der Waals surface area contributed by atoms with Gasteiger partial charge in [0.1, 0.15) is 11.6 Å². The summed E-state index contributed by atoms with van der Waals surface area (Å²) in [6.45, 7) is 0.0630. The van der Waals surface area contributed by atoms with E-state index in [1.54, 1.807) is 36.7 Å². The van der Waals surface area contributed by atoms with Crippen LogP contribution < -0.4 is 10.5 Å². The minimum absolute atomic E-state index is 0.0339. The average molecular weight is 426 g/mol. The highest BCUT2D eigenvalue weighted by Gasteiger charge is 2.12. The van der Waals surface area contributed by atoms with Crippen LogP contribution in [0.3, 0.4) is 0 Å². The lowest BCUT2D eigenvalue weighted by molar-refractivity contribution is 0.307. The Bertz CT molecular complexity index is 1200. The predicted molar refractivity (Wildman–Crippen MR) is 107 cm³/mol. The molecule has 2 N–H and O–H groups in total. The zero-order valence-corrected chi connectivity index (χ0v) is 16.2. The summed E-state index contributed by atoms with van der Waals surface area (Å²) >= 11 is 0. The van der Waals surface area contributed by atoms with Gasteiger partial charge in [-0.3, -0.25) is 0 Å². The molecular weight excluding hydrogens is 409 g/mol. The van der Waals surface area contributed by atoms with E-state index in [9.17, 15) is 13.2 Å². The van der Waals surface area contributed by atoms with Gasteiger partial charge in [0.15, 0.2) is 17.4 Å². The first kappa shape index (κ1) is 20.4. The third-order valence-electron chi connectivity index (χ3n) is 4.56. The molecule has 0 saturated heterocycles. The topological polar surface area (TPSA) is 87.1 Å². The normalized spacial score (nSPS) is 10.9. The van der Waals surface area contributed by atoms with Crippen LogP contribution in [0, 0.1) is 17.5 Å². The van der Waals surface area contributed by atoms with Crippen LogP contribution in [0.25, 0.3) is 11.3 Å². The number of hydrogen-bond acceptors (Lipinski definition) is 6. The second kappa shape index (κ2) is 8.86. The molecule has 1 aromatic carbocycles. The molecular formula is C22H17F3N4O2. The van der Waals surface area contributed by atoms with E-state index in [0.717, 1.165) is 11.6 Å². The van der Waals surface area contributed by atoms with E-state index in [1.165, 1.54) is 0 Å². The summed E-state index contributed by atoms with van der Waals surface area (Å²) in [5, 5.41) is 4.05. The largest absolute Gasteiger partial charge is 0.477 e. The lowest BCUT2D eigenvalue weighted by Gasteiger charge is -2.07. The van der Waals surface area contributed by atoms with Crippen LogP contribution in [0.1, 0.15) is 16.8 Å². The fourth-order valence-electron chi connectivity index (χ4n) is 2.98. The Kier molecular flexibility index (Phi) is 5.83. The van der Waals surface area contributed by atoms with Crippen LogP contribution >= 0.6 is 0 Å². The molecule has 0 bridgehead atoms. The zero-order valence-electron chi connectivity index (χ0n) is 16.2. The van der Waals surface area contributed by atoms with E-state index in [4.69, 9.17) is 15.0 Å². The molecule has 0 aliphatic rings. The predicted octanol–water partition coefficient (Wildman–Crippen LogP) is 4.34. The fraction of sp³-hybridized carbons (Fsp3) is 0.136. The molecule has 0 aliphatic carbocycles. The Morgan fingerprint density at radius 3 is 2.58 bits per heavy atom. The summed E-state index contributed by atoms with van der Waals surface area (Å²) in [5.41, 5.74) is 8.12. The molecule has 0 spiro atoms. The first-order chi connectivity index (χ1) is 15.0. The van der Waals surface area contributed by atoms with Gasteiger partial charge in [0.25, 0.3) is 0 Å². The Morgan fingerprint density at radius 2 is 1.81 bits per heavy atom. The molecule has 4 aromatic rings. The third kappa shape index (κ3) is 4.82. The van der Waals surface area contributed by atoms with Gasteiger partial charge in [0.2, 0.25) is 5.88 Å². The molecule has 0 amide bonds. The smallest absolute Gasteiger partial charge is 0.213 e. The van der Waals surface area contributed by atoms with Crippen LogP contribution in [-0.2, 0) is 12.8 Å². The van der Waals surface area contributed by atoms with Crippen molar-refractivity contribution in [2.45, 2.75) is 12.8 Å². The quantitative estimate of drug-likeness (QED) is 0.443. The maximum absolute atomic E-state index is 13.6. The summed E-state index contributed by atoms with van der Waals surface area (Å²) in [4.78, 5) is 8.23. The third-order valence-corrected chi connectivity index (χ3v) is 4.56. The molecule has 9 heteroatoms. The first-order valence-electron chi connectivity index (χ1n) is 9.37. The Labute approximate surface area is 175 Å². The standard InChI is InChI=1S/C22H17F3N4O2/c23-17-11-19(25)18(24)9-14(17)5-7-30-21-4-3-13(12-28-21)8-15-10-20(31-29-15)16-2-1-6-27-22(16)26/h1-4,6,9-12H,5,7-8H2,(H2,26,27). The molecule has 4 rings (SSSR count). The van der Waals surface area contributed by atoms with E-state index in [2.05, 4.69) is 15.1 Å². The number of anilines is 1. The Hall–Kier alpha value is -3.88. The zero-order chi connectivity index (χ0) is 21.8. The van der Waals surface area contributed by atoms with Gasteiger partial charge in [0.05, 0.1) is 17.9 Å². The highest BCUT2D eigenvalue weighted by molar-refractivity contribution is 5.69. The van der Waals surface area contributed by atoms with Gasteiger partial charge >= 0.3 is 0 Å². The van der Waals surface area contributed by atoms with Gasteiger partial charge in [-0.15, -0.1) is 0 Å². The molecule has 0 atom stereocenters. The summed E-state index contributed by atoms with van der Waals surface area (Å²) in [6, 6.07) is 10.2. The second-order valence-corrected chi connectivity index (χ2v) is 6.76. The molecule has 6 nitrogen and oxygen atoms in total. The van der Waals surface area contributed by atoms with Gasteiger partial charge in [0, 0.05) is 43.4 Å². The number of aromatic nitrogens is 3. The van der Waals surface area contributed by atoms with Gasteiger partial charge in [-0.2, -0.15) is 0 Å². The maximum Gasteiger partial charge on any atom is 0.213 e. The number of ether oxygens (including phenoxy) is 1. The second-order valence-electron chi connectivity index (χ2n) is 6.76. The van der Waals surface area contributed by atoms with Crippen LogP contribution in [0.5, 0.6) is 5.88 Å². The summed E-state index contributed by atoms with van der Waals surface area (Å²) < 4.78 is 50.7. The Balaban J connectivity index is 1.34. The van der Waals surface area contributed by atoms with Crippen LogP contribution in [-0.4, -0.2) is 21.7 Å². The number of halogens is 3. The molecule has 3 aromatic heterocycles. The minimum Gasteiger partial charge on any atom is -0.477 e. The van der Waals surface area contributed by atoms with E-state index in [-0.39, 0.29) is 18.6 Å². The van der Waals surface area contributed by atoms with Crippen molar-refractivity contribution in [3.8, 4) is 17.2 Å². The molecule has 0 radical (unpaired) electrons. The SMILES string of the molecule is Nc1ncccc1-c1cc(Cc2ccc(OCCc3cc(F)c(F)cc3F)nc2)no1. The molecule has 0 unspecified atom stereocenters. The lowest BCUT2D eigenvalue weighted by Crippen LogP contribution is -2.05. The summed E-state index contributed by atoms with van der Waals surface area (Å²) in [5.74, 6) is -1.92. The average Bonchev–Trinajstić information content (AvgIpc) is 3.21. The van der Waals surface area contributed by atoms with Gasteiger partial charge in [-0.05, 0) is 29.3 Å². The number of benzene rings is 1. The monoisotopic (exact) mass is 426 g/mol. The van der Waals surface area contributed by atoms with Gasteiger partial charge in [-0.25, -0.2) is 23.1 Å². The summed E-state index contributed by atoms with van der Waals surface area (Å²) in [6.07, 6.45) is 3.78. The van der Waals surface area contributed by atoms with Crippen LogP contribution in [0.15, 0.2) is 59.4 Å². The lowest BCUT2D eigenvalue weighted by atomic mass is 10.1. The van der Waals surface area contributed by atoms with Crippen LogP contribution in [0.4, 0.5) is 19.0 Å². The van der Waals surface area contributed by atoms with Gasteiger partial charge in [-0.1, -0.05) is 11.2 Å². The number of hydrogen-bond donors (Lipinski definition) is 1. The van der Waals surface area contributed by atoms with Crippen molar-refractivity contribution in [1.29, 1.82) is 0 Å².